The van der Waals surface area contributed by atoms with Crippen LogP contribution >= 0.6 is 0 Å². The van der Waals surface area contributed by atoms with E-state index in [1.165, 1.54) is 25.7 Å². The fourth-order valence-corrected chi connectivity index (χ4v) is 14.3. The Morgan fingerprint density at radius 2 is 1.52 bits per heavy atom. The van der Waals surface area contributed by atoms with Gasteiger partial charge < -0.3 is 10.2 Å². The molecule has 44 heavy (non-hydrogen) atoms. The van der Waals surface area contributed by atoms with Crippen molar-refractivity contribution in [2.45, 2.75) is 162 Å². The fraction of sp³-hybridized carbons (Fsp3) is 0.974. The molecule has 5 fully saturated rings. The summed E-state index contributed by atoms with van der Waals surface area (Å²) < 4.78 is 26.2. The molecule has 0 unspecified atom stereocenters. The quantitative estimate of drug-likeness (QED) is 0.268. The van der Waals surface area contributed by atoms with Crippen LogP contribution < -0.4 is 0 Å². The third-order valence-corrected chi connectivity index (χ3v) is 17.2. The summed E-state index contributed by atoms with van der Waals surface area (Å²) in [6, 6.07) is 0. The molecule has 0 saturated heterocycles. The molecule has 0 aromatic carbocycles. The monoisotopic (exact) mass is 634 g/mol. The van der Waals surface area contributed by atoms with Gasteiger partial charge in [-0.25, -0.2) is 8.42 Å². The van der Waals surface area contributed by atoms with Crippen LogP contribution in [0.25, 0.3) is 0 Å². The zero-order valence-corrected chi connectivity index (χ0v) is 30.0. The van der Waals surface area contributed by atoms with E-state index in [1.54, 1.807) is 0 Å². The first-order chi connectivity index (χ1) is 20.5. The summed E-state index contributed by atoms with van der Waals surface area (Å²) >= 11 is 0. The van der Waals surface area contributed by atoms with Gasteiger partial charge in [-0.15, -0.1) is 0 Å². The van der Waals surface area contributed by atoms with E-state index in [9.17, 15) is 23.4 Å². The topological polar surface area (TPSA) is 91.7 Å². The summed E-state index contributed by atoms with van der Waals surface area (Å²) in [7, 11) is -3.37. The van der Waals surface area contributed by atoms with E-state index in [1.807, 2.05) is 0 Å². The van der Waals surface area contributed by atoms with Gasteiger partial charge in [-0.05, 0) is 141 Å². The number of carbonyl (C=O) groups is 1. The second-order valence-electron chi connectivity index (χ2n) is 18.2. The molecule has 11 atom stereocenters. The van der Waals surface area contributed by atoms with Crippen molar-refractivity contribution in [1.82, 2.24) is 0 Å². The van der Waals surface area contributed by atoms with Crippen molar-refractivity contribution in [3.05, 3.63) is 0 Å². The molecule has 5 rings (SSSR count). The normalized spacial score (nSPS) is 45.2. The van der Waals surface area contributed by atoms with Gasteiger partial charge in [0.15, 0.2) is 9.84 Å². The van der Waals surface area contributed by atoms with E-state index in [4.69, 9.17) is 0 Å². The molecule has 0 aromatic heterocycles. The summed E-state index contributed by atoms with van der Waals surface area (Å²) in [6.45, 7) is 16.4. The van der Waals surface area contributed by atoms with Crippen LogP contribution in [0, 0.1) is 63.6 Å². The van der Waals surface area contributed by atoms with Crippen LogP contribution in [0.5, 0.6) is 0 Å². The van der Waals surface area contributed by atoms with Gasteiger partial charge in [0.05, 0.1) is 17.5 Å². The summed E-state index contributed by atoms with van der Waals surface area (Å²) in [6.07, 6.45) is 13.6. The molecule has 5 nitrogen and oxygen atoms in total. The second-order valence-corrected chi connectivity index (χ2v) is 20.5. The molecule has 0 heterocycles. The Morgan fingerprint density at radius 3 is 2.16 bits per heavy atom. The molecule has 0 aliphatic heterocycles. The largest absolute Gasteiger partial charge is 0.393 e. The summed E-state index contributed by atoms with van der Waals surface area (Å²) in [5.74, 6) is 3.44. The number of hydrogen-bond acceptors (Lipinski definition) is 5. The third-order valence-electron chi connectivity index (χ3n) is 15.0. The van der Waals surface area contributed by atoms with Gasteiger partial charge in [0.1, 0.15) is 11.5 Å². The van der Waals surface area contributed by atoms with Crippen molar-refractivity contribution in [2.75, 3.05) is 5.75 Å². The maximum Gasteiger partial charge on any atom is 0.160 e. The number of sulfone groups is 1. The highest BCUT2D eigenvalue weighted by molar-refractivity contribution is 7.92. The smallest absolute Gasteiger partial charge is 0.160 e. The zero-order chi connectivity index (χ0) is 32.2. The summed E-state index contributed by atoms with van der Waals surface area (Å²) in [5.41, 5.74) is 0.657. The van der Waals surface area contributed by atoms with E-state index in [2.05, 4.69) is 48.5 Å². The molecule has 0 bridgehead atoms. The van der Waals surface area contributed by atoms with Crippen molar-refractivity contribution in [1.29, 1.82) is 0 Å². The van der Waals surface area contributed by atoms with E-state index in [0.717, 1.165) is 51.4 Å². The SMILES string of the molecule is CC[C@H]1[C@@H](O)[C@@H]2[C@H](CC[C@]3(C)[C@@H]([C@H](C)CCCC(=O)CS(=O)(=O)C4CCC(C(C)(C)C)CC4)CC[C@@H]23)[C@@]2(C)CC[C@@H](O)C[C@@H]12. The Kier molecular flexibility index (Phi) is 10.2. The average molecular weight is 635 g/mol. The molecule has 6 heteroatoms. The van der Waals surface area contributed by atoms with Crippen molar-refractivity contribution in [3.8, 4) is 0 Å². The van der Waals surface area contributed by atoms with E-state index >= 15 is 0 Å². The van der Waals surface area contributed by atoms with Gasteiger partial charge >= 0.3 is 0 Å². The van der Waals surface area contributed by atoms with Gasteiger partial charge in [0.25, 0.3) is 0 Å². The number of ketones is 1. The molecule has 2 N–H and O–H groups in total. The Labute approximate surface area is 270 Å². The molecule has 0 amide bonds. The number of aliphatic hydroxyl groups is 2. The second kappa shape index (κ2) is 12.9. The molecule has 254 valence electrons. The summed E-state index contributed by atoms with van der Waals surface area (Å²) in [5, 5.41) is 22.2. The van der Waals surface area contributed by atoms with Gasteiger partial charge in [-0.2, -0.15) is 0 Å². The van der Waals surface area contributed by atoms with Crippen molar-refractivity contribution < 1.29 is 23.4 Å². The van der Waals surface area contributed by atoms with Crippen LogP contribution in [0.1, 0.15) is 145 Å². The number of aliphatic hydroxyl groups excluding tert-OH is 2. The highest BCUT2D eigenvalue weighted by Crippen LogP contribution is 2.69. The Hall–Kier alpha value is -0.460. The van der Waals surface area contributed by atoms with Crippen LogP contribution in [0.15, 0.2) is 0 Å². The van der Waals surface area contributed by atoms with Crippen molar-refractivity contribution in [2.24, 2.45) is 63.6 Å². The van der Waals surface area contributed by atoms with Gasteiger partial charge in [0, 0.05) is 6.42 Å². The Balaban J connectivity index is 1.16. The lowest BCUT2D eigenvalue weighted by Gasteiger charge is -2.64. The molecular formula is C38H66O5S. The van der Waals surface area contributed by atoms with E-state index in [-0.39, 0.29) is 51.2 Å². The van der Waals surface area contributed by atoms with Crippen LogP contribution in [0.2, 0.25) is 0 Å². The lowest BCUT2D eigenvalue weighted by molar-refractivity contribution is -0.203. The predicted octanol–water partition coefficient (Wildman–Crippen LogP) is 8.01. The third kappa shape index (κ3) is 6.37. The predicted molar refractivity (Wildman–Crippen MR) is 179 cm³/mol. The molecule has 5 aliphatic carbocycles. The van der Waals surface area contributed by atoms with Crippen LogP contribution in [-0.2, 0) is 14.6 Å². The maximum atomic E-state index is 13.1. The highest BCUT2D eigenvalue weighted by atomic mass is 32.2. The van der Waals surface area contributed by atoms with Gasteiger partial charge in [-0.3, -0.25) is 4.79 Å². The van der Waals surface area contributed by atoms with E-state index in [0.29, 0.717) is 60.7 Å². The molecule has 5 aliphatic rings. The first-order valence-electron chi connectivity index (χ1n) is 18.6. The lowest BCUT2D eigenvalue weighted by Crippen LogP contribution is -2.62. The molecule has 0 aromatic rings. The highest BCUT2D eigenvalue weighted by Gasteiger charge is 2.64. The first-order valence-corrected chi connectivity index (χ1v) is 20.3. The maximum absolute atomic E-state index is 13.1. The minimum Gasteiger partial charge on any atom is -0.393 e. The number of rotatable bonds is 9. The number of hydrogen-bond donors (Lipinski definition) is 2. The Bertz CT molecular complexity index is 1120. The minimum absolute atomic E-state index is 0.0949. The van der Waals surface area contributed by atoms with Gasteiger partial charge in [-0.1, -0.05) is 61.3 Å². The van der Waals surface area contributed by atoms with Gasteiger partial charge in [0.2, 0.25) is 0 Å². The molecule has 0 radical (unpaired) electrons. The molecular weight excluding hydrogens is 568 g/mol. The van der Waals surface area contributed by atoms with Crippen LogP contribution in [0.3, 0.4) is 0 Å². The fourth-order valence-electron chi connectivity index (χ4n) is 12.5. The standard InChI is InChI=1S/C38H66O5S/c1-8-29-33-22-26(39)18-20-38(33,7)32-19-21-37(6)30(16-17-31(37)34(32)35(29)41)24(2)10-9-11-27(40)23-44(42,43)28-14-12-25(13-15-28)36(3,4)5/h24-26,28-35,39,41H,8-23H2,1-7H3/t24-,25?,26-,28?,29-,30-,31+,32+,33+,34+,35-,37-,38-/m1/s1. The Morgan fingerprint density at radius 1 is 0.886 bits per heavy atom. The summed E-state index contributed by atoms with van der Waals surface area (Å²) in [4.78, 5) is 12.9. The van der Waals surface area contributed by atoms with Crippen molar-refractivity contribution in [3.63, 3.8) is 0 Å². The lowest BCUT2D eigenvalue weighted by atomic mass is 9.41. The zero-order valence-electron chi connectivity index (χ0n) is 29.2. The molecule has 0 spiro atoms. The van der Waals surface area contributed by atoms with Crippen LogP contribution in [0.4, 0.5) is 0 Å². The number of carbonyl (C=O) groups excluding carboxylic acids is 1. The minimum atomic E-state index is -3.37. The van der Waals surface area contributed by atoms with Crippen LogP contribution in [-0.4, -0.2) is 47.6 Å². The van der Waals surface area contributed by atoms with E-state index < -0.39 is 9.84 Å². The average Bonchev–Trinajstić information content (AvgIpc) is 3.30. The number of Topliss-reactive ketones (excluding diaryl/α,β-unsaturated/α-hetero) is 1. The van der Waals surface area contributed by atoms with Crippen molar-refractivity contribution >= 4 is 15.6 Å². The number of fused-ring (bicyclic) bond motifs is 5. The first kappa shape index (κ1) is 34.9. The molecule has 5 saturated carbocycles.